The summed E-state index contributed by atoms with van der Waals surface area (Å²) in [6.07, 6.45) is 1.58. The molecule has 0 saturated heterocycles. The molecule has 3 aromatic rings. The van der Waals surface area contributed by atoms with Crippen LogP contribution in [0.4, 0.5) is 10.8 Å². The first-order valence-corrected chi connectivity index (χ1v) is 9.37. The van der Waals surface area contributed by atoms with Gasteiger partial charge in [-0.15, -0.1) is 11.3 Å². The minimum atomic E-state index is -0.563. The highest BCUT2D eigenvalue weighted by Gasteiger charge is 2.42. The summed E-state index contributed by atoms with van der Waals surface area (Å²) in [4.78, 5) is 34.9. The number of nitrogens with zero attached hydrogens (tertiary/aromatic N) is 3. The Labute approximate surface area is 160 Å². The molecule has 4 rings (SSSR count). The molecule has 0 fully saturated rings. The van der Waals surface area contributed by atoms with Crippen molar-refractivity contribution in [1.29, 1.82) is 0 Å². The highest BCUT2D eigenvalue weighted by Crippen LogP contribution is 2.42. The van der Waals surface area contributed by atoms with Crippen LogP contribution in [0.1, 0.15) is 29.9 Å². The second-order valence-corrected chi connectivity index (χ2v) is 7.79. The Morgan fingerprint density at radius 2 is 2.04 bits per heavy atom. The van der Waals surface area contributed by atoms with E-state index in [0.29, 0.717) is 10.8 Å². The zero-order valence-corrected chi connectivity index (χ0v) is 16.0. The van der Waals surface area contributed by atoms with Crippen molar-refractivity contribution in [2.75, 3.05) is 17.3 Å². The zero-order valence-electron chi connectivity index (χ0n) is 15.2. The Hall–Kier alpha value is -3.06. The fourth-order valence-electron chi connectivity index (χ4n) is 3.25. The highest BCUT2D eigenvalue weighted by molar-refractivity contribution is 7.14. The lowest BCUT2D eigenvalue weighted by atomic mass is 9.85. The van der Waals surface area contributed by atoms with Gasteiger partial charge in [0.1, 0.15) is 5.69 Å². The summed E-state index contributed by atoms with van der Waals surface area (Å²) in [6, 6.07) is 11.1. The number of carbonyl (C=O) groups excluding carboxylic acids is 2. The first-order chi connectivity index (χ1) is 12.9. The molecule has 1 N–H and O–H groups in total. The van der Waals surface area contributed by atoms with Crippen molar-refractivity contribution in [3.63, 3.8) is 0 Å². The molecule has 1 aromatic carbocycles. The fraction of sp³-hybridized carbons (Fsp3) is 0.200. The number of carbonyl (C=O) groups is 2. The molecular formula is C20H18N4O2S. The SMILES string of the molecule is CN1C(=O)C(C)(C)c2cc(-c3csc(NC(=O)c4ccccn4)n3)ccc21. The van der Waals surface area contributed by atoms with Gasteiger partial charge < -0.3 is 4.90 Å². The maximum absolute atomic E-state index is 12.5. The second kappa shape index (κ2) is 6.28. The van der Waals surface area contributed by atoms with E-state index in [2.05, 4.69) is 15.3 Å². The number of amides is 2. The van der Waals surface area contributed by atoms with Crippen molar-refractivity contribution in [3.8, 4) is 11.3 Å². The summed E-state index contributed by atoms with van der Waals surface area (Å²) in [5.74, 6) is -0.213. The van der Waals surface area contributed by atoms with E-state index in [9.17, 15) is 9.59 Å². The number of hydrogen-bond acceptors (Lipinski definition) is 5. The molecule has 2 amide bonds. The molecule has 6 nitrogen and oxygen atoms in total. The summed E-state index contributed by atoms with van der Waals surface area (Å²) >= 11 is 1.35. The van der Waals surface area contributed by atoms with E-state index in [4.69, 9.17) is 0 Å². The molecule has 136 valence electrons. The number of nitrogens with one attached hydrogen (secondary N) is 1. The molecular weight excluding hydrogens is 360 g/mol. The van der Waals surface area contributed by atoms with Crippen molar-refractivity contribution in [3.05, 3.63) is 59.2 Å². The highest BCUT2D eigenvalue weighted by atomic mass is 32.1. The third-order valence-electron chi connectivity index (χ3n) is 4.79. The molecule has 0 saturated carbocycles. The Bertz CT molecular complexity index is 1040. The number of rotatable bonds is 3. The third kappa shape index (κ3) is 2.90. The second-order valence-electron chi connectivity index (χ2n) is 6.93. The van der Waals surface area contributed by atoms with Crippen LogP contribution in [0.3, 0.4) is 0 Å². The Balaban J connectivity index is 1.61. The summed E-state index contributed by atoms with van der Waals surface area (Å²) in [6.45, 7) is 3.86. The number of benzene rings is 1. The van der Waals surface area contributed by atoms with Gasteiger partial charge in [0.2, 0.25) is 5.91 Å². The number of hydrogen-bond donors (Lipinski definition) is 1. The molecule has 0 atom stereocenters. The average Bonchev–Trinajstić information content (AvgIpc) is 3.21. The Morgan fingerprint density at radius 3 is 2.78 bits per heavy atom. The predicted molar refractivity (Wildman–Crippen MR) is 106 cm³/mol. The van der Waals surface area contributed by atoms with Crippen molar-refractivity contribution in [2.45, 2.75) is 19.3 Å². The molecule has 1 aliphatic heterocycles. The van der Waals surface area contributed by atoms with E-state index in [1.165, 1.54) is 11.3 Å². The van der Waals surface area contributed by atoms with Gasteiger partial charge in [-0.05, 0) is 43.7 Å². The van der Waals surface area contributed by atoms with Crippen LogP contribution in [-0.4, -0.2) is 28.8 Å². The lowest BCUT2D eigenvalue weighted by Gasteiger charge is -2.16. The fourth-order valence-corrected chi connectivity index (χ4v) is 3.97. The van der Waals surface area contributed by atoms with Gasteiger partial charge in [0.15, 0.2) is 5.13 Å². The van der Waals surface area contributed by atoms with Gasteiger partial charge in [-0.2, -0.15) is 0 Å². The molecule has 0 bridgehead atoms. The monoisotopic (exact) mass is 378 g/mol. The van der Waals surface area contributed by atoms with E-state index < -0.39 is 5.41 Å². The van der Waals surface area contributed by atoms with Crippen molar-refractivity contribution in [1.82, 2.24) is 9.97 Å². The molecule has 0 unspecified atom stereocenters. The van der Waals surface area contributed by atoms with E-state index in [-0.39, 0.29) is 11.8 Å². The molecule has 0 aliphatic carbocycles. The van der Waals surface area contributed by atoms with Gasteiger partial charge in [-0.25, -0.2) is 4.98 Å². The van der Waals surface area contributed by atoms with Gasteiger partial charge in [-0.1, -0.05) is 12.1 Å². The van der Waals surface area contributed by atoms with E-state index in [0.717, 1.165) is 22.5 Å². The van der Waals surface area contributed by atoms with Crippen LogP contribution < -0.4 is 10.2 Å². The smallest absolute Gasteiger partial charge is 0.276 e. The van der Waals surface area contributed by atoms with E-state index in [1.807, 2.05) is 37.4 Å². The molecule has 3 heterocycles. The van der Waals surface area contributed by atoms with Crippen LogP contribution in [-0.2, 0) is 10.2 Å². The lowest BCUT2D eigenvalue weighted by molar-refractivity contribution is -0.121. The summed E-state index contributed by atoms with van der Waals surface area (Å²) in [5, 5.41) is 5.17. The number of pyridine rings is 1. The molecule has 1 aliphatic rings. The summed E-state index contributed by atoms with van der Waals surface area (Å²) < 4.78 is 0. The summed E-state index contributed by atoms with van der Waals surface area (Å²) in [5.41, 5.74) is 3.37. The Morgan fingerprint density at radius 1 is 1.22 bits per heavy atom. The van der Waals surface area contributed by atoms with Crippen LogP contribution in [0.15, 0.2) is 48.0 Å². The van der Waals surface area contributed by atoms with Gasteiger partial charge >= 0.3 is 0 Å². The van der Waals surface area contributed by atoms with Gasteiger partial charge in [0.05, 0.1) is 11.1 Å². The van der Waals surface area contributed by atoms with Crippen molar-refractivity contribution in [2.24, 2.45) is 0 Å². The maximum Gasteiger partial charge on any atom is 0.276 e. The number of aromatic nitrogens is 2. The maximum atomic E-state index is 12.5. The van der Waals surface area contributed by atoms with Crippen LogP contribution >= 0.6 is 11.3 Å². The predicted octanol–water partition coefficient (Wildman–Crippen LogP) is 3.71. The van der Waals surface area contributed by atoms with Gasteiger partial charge in [0.25, 0.3) is 5.91 Å². The first kappa shape index (κ1) is 17.4. The van der Waals surface area contributed by atoms with Crippen LogP contribution in [0.25, 0.3) is 11.3 Å². The van der Waals surface area contributed by atoms with Crippen molar-refractivity contribution < 1.29 is 9.59 Å². The molecule has 27 heavy (non-hydrogen) atoms. The number of fused-ring (bicyclic) bond motifs is 1. The standard InChI is InChI=1S/C20H18N4O2S/c1-20(2)13-10-12(7-8-16(13)24(3)18(20)26)15-11-27-19(22-15)23-17(25)14-6-4-5-9-21-14/h4-11H,1-3H3,(H,22,23,25). The van der Waals surface area contributed by atoms with E-state index in [1.54, 1.807) is 36.3 Å². The molecule has 7 heteroatoms. The minimum absolute atomic E-state index is 0.0799. The quantitative estimate of drug-likeness (QED) is 0.754. The Kier molecular flexibility index (Phi) is 4.04. The average molecular weight is 378 g/mol. The lowest BCUT2D eigenvalue weighted by Crippen LogP contribution is -2.33. The molecule has 2 aromatic heterocycles. The van der Waals surface area contributed by atoms with Crippen LogP contribution in [0.2, 0.25) is 0 Å². The third-order valence-corrected chi connectivity index (χ3v) is 5.55. The largest absolute Gasteiger partial charge is 0.314 e. The number of likely N-dealkylation sites (N-methyl/N-ethyl adjacent to an activating group) is 1. The topological polar surface area (TPSA) is 75.2 Å². The van der Waals surface area contributed by atoms with Crippen molar-refractivity contribution >= 4 is 34.0 Å². The van der Waals surface area contributed by atoms with E-state index >= 15 is 0 Å². The normalized spacial score (nSPS) is 14.9. The zero-order chi connectivity index (χ0) is 19.2. The van der Waals surface area contributed by atoms with Gasteiger partial charge in [0, 0.05) is 29.9 Å². The molecule has 0 radical (unpaired) electrons. The summed E-state index contributed by atoms with van der Waals surface area (Å²) in [7, 11) is 1.80. The first-order valence-electron chi connectivity index (χ1n) is 8.49. The van der Waals surface area contributed by atoms with Gasteiger partial charge in [-0.3, -0.25) is 19.9 Å². The minimum Gasteiger partial charge on any atom is -0.314 e. The molecule has 0 spiro atoms. The number of thiazole rings is 1. The van der Waals surface area contributed by atoms with Crippen LogP contribution in [0, 0.1) is 0 Å². The number of anilines is 2. The van der Waals surface area contributed by atoms with Crippen LogP contribution in [0.5, 0.6) is 0 Å².